The number of carbonyl (C=O) groups excluding carboxylic acids is 1. The minimum Gasteiger partial charge on any atom is -0.492 e. The number of rotatable bonds is 6. The van der Waals surface area contributed by atoms with Gasteiger partial charge in [0, 0.05) is 10.8 Å². The van der Waals surface area contributed by atoms with Crippen LogP contribution in [0.3, 0.4) is 0 Å². The lowest BCUT2D eigenvalue weighted by Gasteiger charge is -2.19. The van der Waals surface area contributed by atoms with Crippen molar-refractivity contribution in [3.63, 3.8) is 0 Å². The quantitative estimate of drug-likeness (QED) is 0.408. The Kier molecular flexibility index (Phi) is 6.08. The highest BCUT2D eigenvalue weighted by atomic mass is 127. The fourth-order valence-corrected chi connectivity index (χ4v) is 3.39. The van der Waals surface area contributed by atoms with Gasteiger partial charge < -0.3 is 9.47 Å². The van der Waals surface area contributed by atoms with Crippen LogP contribution in [0.4, 0.5) is 0 Å². The molecule has 0 bridgehead atoms. The average Bonchev–Trinajstić information content (AvgIpc) is 2.87. The van der Waals surface area contributed by atoms with E-state index >= 15 is 0 Å². The standard InChI is InChI=1S/C17H21IO3/c1-3-8-13-16(17(19)20-4-2)15(14(11-18)21-13)12-9-6-5-7-10-12/h5-7,9-10,14-15H,3-4,8,11H2,1-2H3/t14-,15-/m0/s1. The molecule has 0 saturated carbocycles. The minimum atomic E-state index is -0.234. The Morgan fingerprint density at radius 1 is 1.29 bits per heavy atom. The topological polar surface area (TPSA) is 35.5 Å². The second-order valence-electron chi connectivity index (χ2n) is 5.01. The van der Waals surface area contributed by atoms with Gasteiger partial charge in [-0.25, -0.2) is 4.79 Å². The maximum atomic E-state index is 12.4. The van der Waals surface area contributed by atoms with Gasteiger partial charge in [0.2, 0.25) is 0 Å². The van der Waals surface area contributed by atoms with Gasteiger partial charge in [-0.05, 0) is 18.9 Å². The molecular formula is C17H21IO3. The number of hydrogen-bond donors (Lipinski definition) is 0. The van der Waals surface area contributed by atoms with Crippen molar-refractivity contribution < 1.29 is 14.3 Å². The van der Waals surface area contributed by atoms with Crippen LogP contribution >= 0.6 is 22.6 Å². The van der Waals surface area contributed by atoms with Crippen LogP contribution in [0.2, 0.25) is 0 Å². The molecule has 1 aliphatic rings. The fourth-order valence-electron chi connectivity index (χ4n) is 2.71. The van der Waals surface area contributed by atoms with Gasteiger partial charge >= 0.3 is 5.97 Å². The summed E-state index contributed by atoms with van der Waals surface area (Å²) in [6.45, 7) is 4.31. The summed E-state index contributed by atoms with van der Waals surface area (Å²) in [5, 5.41) is 0. The van der Waals surface area contributed by atoms with E-state index in [-0.39, 0.29) is 18.0 Å². The highest BCUT2D eigenvalue weighted by Crippen LogP contribution is 2.41. The molecule has 0 unspecified atom stereocenters. The van der Waals surface area contributed by atoms with E-state index in [0.717, 1.165) is 28.6 Å². The summed E-state index contributed by atoms with van der Waals surface area (Å²) in [4.78, 5) is 12.4. The Hall–Kier alpha value is -1.04. The first kappa shape index (κ1) is 16.3. The molecule has 0 amide bonds. The molecule has 0 spiro atoms. The number of benzene rings is 1. The van der Waals surface area contributed by atoms with Crippen LogP contribution in [-0.4, -0.2) is 23.1 Å². The van der Waals surface area contributed by atoms with Gasteiger partial charge in [-0.15, -0.1) is 0 Å². The van der Waals surface area contributed by atoms with Crippen molar-refractivity contribution in [1.29, 1.82) is 0 Å². The Morgan fingerprint density at radius 2 is 2.00 bits per heavy atom. The average molecular weight is 400 g/mol. The molecule has 1 aromatic rings. The number of carbonyl (C=O) groups is 1. The lowest BCUT2D eigenvalue weighted by molar-refractivity contribution is -0.138. The molecule has 0 radical (unpaired) electrons. The van der Waals surface area contributed by atoms with E-state index in [2.05, 4.69) is 41.6 Å². The molecule has 21 heavy (non-hydrogen) atoms. The lowest BCUT2D eigenvalue weighted by atomic mass is 9.87. The third-order valence-corrected chi connectivity index (χ3v) is 4.43. The molecule has 0 N–H and O–H groups in total. The van der Waals surface area contributed by atoms with Crippen LogP contribution in [0.1, 0.15) is 38.2 Å². The molecular weight excluding hydrogens is 379 g/mol. The zero-order chi connectivity index (χ0) is 15.2. The predicted octanol–water partition coefficient (Wildman–Crippen LogP) is 4.22. The van der Waals surface area contributed by atoms with Gasteiger partial charge in [0.05, 0.1) is 18.1 Å². The fraction of sp³-hybridized carbons (Fsp3) is 0.471. The maximum absolute atomic E-state index is 12.4. The number of alkyl halides is 1. The minimum absolute atomic E-state index is 0.00829. The largest absolute Gasteiger partial charge is 0.492 e. The summed E-state index contributed by atoms with van der Waals surface area (Å²) in [6.07, 6.45) is 1.74. The van der Waals surface area contributed by atoms with E-state index in [0.29, 0.717) is 12.2 Å². The van der Waals surface area contributed by atoms with Gasteiger partial charge in [0.1, 0.15) is 11.9 Å². The van der Waals surface area contributed by atoms with E-state index in [9.17, 15) is 4.79 Å². The van der Waals surface area contributed by atoms with E-state index in [1.54, 1.807) is 0 Å². The maximum Gasteiger partial charge on any atom is 0.338 e. The van der Waals surface area contributed by atoms with Gasteiger partial charge in [-0.3, -0.25) is 0 Å². The first-order valence-electron chi connectivity index (χ1n) is 7.40. The van der Waals surface area contributed by atoms with Crippen molar-refractivity contribution in [2.75, 3.05) is 11.0 Å². The molecule has 3 nitrogen and oxygen atoms in total. The summed E-state index contributed by atoms with van der Waals surface area (Å²) < 4.78 is 12.2. The van der Waals surface area contributed by atoms with Crippen LogP contribution in [-0.2, 0) is 14.3 Å². The highest BCUT2D eigenvalue weighted by molar-refractivity contribution is 14.1. The van der Waals surface area contributed by atoms with Crippen LogP contribution in [0.25, 0.3) is 0 Å². The third kappa shape index (κ3) is 3.59. The number of esters is 1. The smallest absolute Gasteiger partial charge is 0.338 e. The normalized spacial score (nSPS) is 21.3. The first-order chi connectivity index (χ1) is 10.2. The Labute approximate surface area is 139 Å². The van der Waals surface area contributed by atoms with Crippen molar-refractivity contribution in [2.24, 2.45) is 0 Å². The van der Waals surface area contributed by atoms with Crippen LogP contribution in [0, 0.1) is 0 Å². The van der Waals surface area contributed by atoms with E-state index in [4.69, 9.17) is 9.47 Å². The first-order valence-corrected chi connectivity index (χ1v) is 8.93. The molecule has 4 heteroatoms. The number of halogens is 1. The van der Waals surface area contributed by atoms with Crippen molar-refractivity contribution in [3.8, 4) is 0 Å². The zero-order valence-corrected chi connectivity index (χ0v) is 14.6. The van der Waals surface area contributed by atoms with E-state index in [1.807, 2.05) is 25.1 Å². The second kappa shape index (κ2) is 7.82. The summed E-state index contributed by atoms with van der Waals surface area (Å²) in [6, 6.07) is 10.1. The molecule has 2 rings (SSSR count). The van der Waals surface area contributed by atoms with Crippen molar-refractivity contribution in [2.45, 2.75) is 38.7 Å². The van der Waals surface area contributed by atoms with Gasteiger partial charge in [0.25, 0.3) is 0 Å². The molecule has 0 fully saturated rings. The Balaban J connectivity index is 2.42. The van der Waals surface area contributed by atoms with Crippen LogP contribution < -0.4 is 0 Å². The number of allylic oxidation sites excluding steroid dienone is 1. The monoisotopic (exact) mass is 400 g/mol. The highest BCUT2D eigenvalue weighted by Gasteiger charge is 2.40. The number of hydrogen-bond acceptors (Lipinski definition) is 3. The van der Waals surface area contributed by atoms with Crippen LogP contribution in [0.5, 0.6) is 0 Å². The summed E-state index contributed by atoms with van der Waals surface area (Å²) >= 11 is 2.32. The second-order valence-corrected chi connectivity index (χ2v) is 5.89. The summed E-state index contributed by atoms with van der Waals surface area (Å²) in [7, 11) is 0. The molecule has 2 atom stereocenters. The zero-order valence-electron chi connectivity index (χ0n) is 12.5. The van der Waals surface area contributed by atoms with Crippen molar-refractivity contribution in [3.05, 3.63) is 47.2 Å². The lowest BCUT2D eigenvalue weighted by Crippen LogP contribution is -2.22. The van der Waals surface area contributed by atoms with Gasteiger partial charge in [0.15, 0.2) is 0 Å². The summed E-state index contributed by atoms with van der Waals surface area (Å²) in [5.74, 6) is 0.553. The van der Waals surface area contributed by atoms with Gasteiger partial charge in [-0.2, -0.15) is 0 Å². The molecule has 1 aliphatic heterocycles. The van der Waals surface area contributed by atoms with Crippen molar-refractivity contribution >= 4 is 28.6 Å². The molecule has 0 aromatic heterocycles. The number of ether oxygens (including phenoxy) is 2. The molecule has 114 valence electrons. The third-order valence-electron chi connectivity index (χ3n) is 3.56. The van der Waals surface area contributed by atoms with Gasteiger partial charge in [-0.1, -0.05) is 59.8 Å². The molecule has 0 saturated heterocycles. The predicted molar refractivity (Wildman–Crippen MR) is 91.5 cm³/mol. The van der Waals surface area contributed by atoms with Crippen molar-refractivity contribution in [1.82, 2.24) is 0 Å². The van der Waals surface area contributed by atoms with E-state index < -0.39 is 0 Å². The van der Waals surface area contributed by atoms with Crippen LogP contribution in [0.15, 0.2) is 41.7 Å². The molecule has 0 aliphatic carbocycles. The SMILES string of the molecule is CCCC1=C(C(=O)OCC)[C@@H](c2ccccc2)[C@H](CI)O1. The summed E-state index contributed by atoms with van der Waals surface area (Å²) in [5.41, 5.74) is 1.83. The molecule has 1 heterocycles. The van der Waals surface area contributed by atoms with E-state index in [1.165, 1.54) is 0 Å². The molecule has 1 aromatic carbocycles. The Morgan fingerprint density at radius 3 is 2.57 bits per heavy atom. The Bertz CT molecular complexity index is 510.